The molecule has 0 aliphatic carbocycles. The number of esters is 2. The van der Waals surface area contributed by atoms with E-state index < -0.39 is 18.2 Å². The number of ether oxygens (including phenoxy) is 2. The molecule has 0 bridgehead atoms. The Morgan fingerprint density at radius 3 is 1.95 bits per heavy atom. The van der Waals surface area contributed by atoms with Crippen molar-refractivity contribution < 1.29 is 29.3 Å². The summed E-state index contributed by atoms with van der Waals surface area (Å²) in [5.74, 6) is -0.703. The lowest BCUT2D eigenvalue weighted by Gasteiger charge is -2.15. The summed E-state index contributed by atoms with van der Waals surface area (Å²) in [6.45, 7) is 3.95. The second-order valence-electron chi connectivity index (χ2n) is 11.1. The summed E-state index contributed by atoms with van der Waals surface area (Å²) in [5, 5.41) is 19.5. The number of aliphatic hydroxyl groups is 2. The van der Waals surface area contributed by atoms with Crippen LogP contribution in [0.25, 0.3) is 0 Å². The van der Waals surface area contributed by atoms with Gasteiger partial charge < -0.3 is 19.7 Å². The van der Waals surface area contributed by atoms with Gasteiger partial charge in [-0.2, -0.15) is 0 Å². The molecule has 6 heteroatoms. The van der Waals surface area contributed by atoms with E-state index in [9.17, 15) is 19.8 Å². The van der Waals surface area contributed by atoms with Gasteiger partial charge in [-0.15, -0.1) is 0 Å². The zero-order valence-corrected chi connectivity index (χ0v) is 26.9. The molecule has 0 spiro atoms. The van der Waals surface area contributed by atoms with Crippen LogP contribution in [0.3, 0.4) is 0 Å². The van der Waals surface area contributed by atoms with E-state index in [0.29, 0.717) is 19.3 Å². The van der Waals surface area contributed by atoms with Gasteiger partial charge in [-0.1, -0.05) is 133 Å². The number of hydrogen-bond acceptors (Lipinski definition) is 6. The molecule has 2 atom stereocenters. The maximum atomic E-state index is 12.1. The molecule has 0 aliphatic rings. The molecule has 0 amide bonds. The van der Waals surface area contributed by atoms with E-state index in [4.69, 9.17) is 9.47 Å². The minimum atomic E-state index is -0.818. The summed E-state index contributed by atoms with van der Waals surface area (Å²) in [5.41, 5.74) is 0. The number of carbonyl (C=O) groups is 2. The SMILES string of the molecule is CCCCC/C=C\C=C/[C@H](O)C/C=C\C/C=C/CCCC(=O)O[C@@H](CO)COC(=O)CCCCCCCCCCCC. The molecule has 2 N–H and O–H groups in total. The summed E-state index contributed by atoms with van der Waals surface area (Å²) in [6, 6.07) is 0. The average molecular weight is 591 g/mol. The van der Waals surface area contributed by atoms with E-state index in [1.807, 2.05) is 36.5 Å². The van der Waals surface area contributed by atoms with Crippen LogP contribution >= 0.6 is 0 Å². The van der Waals surface area contributed by atoms with Gasteiger partial charge in [-0.25, -0.2) is 0 Å². The Kier molecular flexibility index (Phi) is 30.1. The van der Waals surface area contributed by atoms with Gasteiger partial charge in [-0.3, -0.25) is 9.59 Å². The first-order valence-electron chi connectivity index (χ1n) is 16.8. The molecule has 0 aliphatic heterocycles. The highest BCUT2D eigenvalue weighted by Gasteiger charge is 2.15. The van der Waals surface area contributed by atoms with Crippen molar-refractivity contribution in [3.63, 3.8) is 0 Å². The number of unbranched alkanes of at least 4 members (excludes halogenated alkanes) is 13. The normalized spacial score (nSPS) is 13.5. The molecule has 0 aromatic rings. The predicted octanol–water partition coefficient (Wildman–Crippen LogP) is 8.86. The lowest BCUT2D eigenvalue weighted by atomic mass is 10.1. The number of hydrogen-bond donors (Lipinski definition) is 2. The highest BCUT2D eigenvalue weighted by Crippen LogP contribution is 2.12. The minimum Gasteiger partial charge on any atom is -0.462 e. The Bertz CT molecular complexity index is 739. The molecule has 0 aromatic heterocycles. The molecule has 0 rings (SSSR count). The third-order valence-corrected chi connectivity index (χ3v) is 6.96. The maximum absolute atomic E-state index is 12.1. The van der Waals surface area contributed by atoms with E-state index in [1.165, 1.54) is 64.2 Å². The fraction of sp³-hybridized carbons (Fsp3) is 0.722. The number of aliphatic hydroxyl groups excluding tert-OH is 2. The molecule has 0 fully saturated rings. The van der Waals surface area contributed by atoms with E-state index in [2.05, 4.69) is 19.9 Å². The van der Waals surface area contributed by atoms with Crippen LogP contribution in [-0.4, -0.2) is 47.6 Å². The largest absolute Gasteiger partial charge is 0.462 e. The third kappa shape index (κ3) is 29.3. The van der Waals surface area contributed by atoms with Gasteiger partial charge in [0.25, 0.3) is 0 Å². The summed E-state index contributed by atoms with van der Waals surface area (Å²) < 4.78 is 10.5. The molecule has 0 heterocycles. The highest BCUT2D eigenvalue weighted by atomic mass is 16.6. The Morgan fingerprint density at radius 1 is 0.667 bits per heavy atom. The minimum absolute atomic E-state index is 0.106. The van der Waals surface area contributed by atoms with Gasteiger partial charge in [0.15, 0.2) is 6.10 Å². The molecule has 0 radical (unpaired) electrons. The maximum Gasteiger partial charge on any atom is 0.306 e. The average Bonchev–Trinajstić information content (AvgIpc) is 2.98. The molecule has 6 nitrogen and oxygen atoms in total. The first-order chi connectivity index (χ1) is 20.5. The van der Waals surface area contributed by atoms with Crippen molar-refractivity contribution in [2.75, 3.05) is 13.2 Å². The summed E-state index contributed by atoms with van der Waals surface area (Å²) in [4.78, 5) is 24.0. The smallest absolute Gasteiger partial charge is 0.306 e. The van der Waals surface area contributed by atoms with Crippen LogP contribution in [0.2, 0.25) is 0 Å². The summed E-state index contributed by atoms with van der Waals surface area (Å²) in [7, 11) is 0. The van der Waals surface area contributed by atoms with Crippen LogP contribution in [-0.2, 0) is 19.1 Å². The van der Waals surface area contributed by atoms with E-state index in [1.54, 1.807) is 6.08 Å². The van der Waals surface area contributed by atoms with Crippen molar-refractivity contribution in [2.24, 2.45) is 0 Å². The van der Waals surface area contributed by atoms with Crippen LogP contribution in [0.15, 0.2) is 48.6 Å². The third-order valence-electron chi connectivity index (χ3n) is 6.96. The molecule has 242 valence electrons. The Balaban J connectivity index is 3.80. The fourth-order valence-corrected chi connectivity index (χ4v) is 4.33. The van der Waals surface area contributed by atoms with Crippen LogP contribution in [0, 0.1) is 0 Å². The molecular weight excluding hydrogens is 528 g/mol. The van der Waals surface area contributed by atoms with Gasteiger partial charge in [0.1, 0.15) is 6.61 Å². The molecule has 0 saturated heterocycles. The van der Waals surface area contributed by atoms with Gasteiger partial charge in [0.2, 0.25) is 0 Å². The topological polar surface area (TPSA) is 93.1 Å². The number of rotatable bonds is 29. The van der Waals surface area contributed by atoms with Crippen molar-refractivity contribution in [1.82, 2.24) is 0 Å². The molecular formula is C36H62O6. The predicted molar refractivity (Wildman–Crippen MR) is 174 cm³/mol. The second-order valence-corrected chi connectivity index (χ2v) is 11.1. The number of carbonyl (C=O) groups excluding carboxylic acids is 2. The summed E-state index contributed by atoms with van der Waals surface area (Å²) >= 11 is 0. The van der Waals surface area contributed by atoms with Crippen molar-refractivity contribution >= 4 is 11.9 Å². The Morgan fingerprint density at radius 2 is 1.26 bits per heavy atom. The molecule has 42 heavy (non-hydrogen) atoms. The highest BCUT2D eigenvalue weighted by molar-refractivity contribution is 5.70. The van der Waals surface area contributed by atoms with E-state index >= 15 is 0 Å². The molecule has 0 saturated carbocycles. The van der Waals surface area contributed by atoms with Crippen molar-refractivity contribution in [3.8, 4) is 0 Å². The first kappa shape index (κ1) is 39.8. The molecule has 0 aromatic carbocycles. The van der Waals surface area contributed by atoms with Crippen LogP contribution in [0.5, 0.6) is 0 Å². The Hall–Kier alpha value is -2.18. The van der Waals surface area contributed by atoms with E-state index in [-0.39, 0.29) is 25.6 Å². The van der Waals surface area contributed by atoms with Crippen LogP contribution in [0.1, 0.15) is 142 Å². The first-order valence-corrected chi connectivity index (χ1v) is 16.8. The molecule has 0 unspecified atom stereocenters. The quantitative estimate of drug-likeness (QED) is 0.0391. The van der Waals surface area contributed by atoms with Crippen LogP contribution in [0.4, 0.5) is 0 Å². The van der Waals surface area contributed by atoms with Gasteiger partial charge >= 0.3 is 11.9 Å². The van der Waals surface area contributed by atoms with Gasteiger partial charge in [0.05, 0.1) is 12.7 Å². The zero-order valence-electron chi connectivity index (χ0n) is 26.9. The van der Waals surface area contributed by atoms with Crippen molar-refractivity contribution in [2.45, 2.75) is 154 Å². The van der Waals surface area contributed by atoms with Gasteiger partial charge in [0, 0.05) is 12.8 Å². The summed E-state index contributed by atoms with van der Waals surface area (Å²) in [6.07, 6.45) is 34.8. The fourth-order valence-electron chi connectivity index (χ4n) is 4.33. The van der Waals surface area contributed by atoms with Crippen molar-refractivity contribution in [1.29, 1.82) is 0 Å². The van der Waals surface area contributed by atoms with Crippen molar-refractivity contribution in [3.05, 3.63) is 48.6 Å². The van der Waals surface area contributed by atoms with Crippen LogP contribution < -0.4 is 0 Å². The standard InChI is InChI=1S/C36H62O6/c1-3-5-7-9-11-12-13-17-21-25-29-35(39)41-32-34(31-37)42-36(40)30-26-22-18-14-16-20-24-28-33(38)27-23-19-15-10-8-6-4-2/h14-15,18-20,23-24,27,33-34,37-38H,3-13,16-17,21-22,25-26,28-32H2,1-2H3/b18-14+,19-15-,24-20-,27-23-/t33-,34-/m0/s1. The second kappa shape index (κ2) is 31.7. The van der Waals surface area contributed by atoms with E-state index in [0.717, 1.165) is 38.5 Å². The zero-order chi connectivity index (χ0) is 30.9. The Labute approximate surface area is 257 Å². The van der Waals surface area contributed by atoms with Gasteiger partial charge in [-0.05, 0) is 44.9 Å². The number of allylic oxidation sites excluding steroid dienone is 6. The lowest BCUT2D eigenvalue weighted by Crippen LogP contribution is -2.28. The monoisotopic (exact) mass is 590 g/mol. The lowest BCUT2D eigenvalue weighted by molar-refractivity contribution is -0.161.